The molecule has 1 fully saturated rings. The number of benzene rings is 2. The summed E-state index contributed by atoms with van der Waals surface area (Å²) < 4.78 is 0. The van der Waals surface area contributed by atoms with Gasteiger partial charge in [0.25, 0.3) is 17.7 Å². The fraction of sp³-hybridized carbons (Fsp3) is 0.280. The molecular formula is C25H22Cl2N2O4. The summed E-state index contributed by atoms with van der Waals surface area (Å²) in [7, 11) is 0. The Bertz CT molecular complexity index is 1160. The van der Waals surface area contributed by atoms with Gasteiger partial charge in [-0.25, -0.2) is 5.01 Å². The van der Waals surface area contributed by atoms with Gasteiger partial charge in [0.15, 0.2) is 5.78 Å². The molecule has 4 atom stereocenters. The van der Waals surface area contributed by atoms with Crippen LogP contribution in [0.1, 0.15) is 41.0 Å². The molecule has 0 saturated carbocycles. The third-order valence-electron chi connectivity index (χ3n) is 6.24. The number of hydrogen-bond donors (Lipinski definition) is 0. The molecule has 8 heteroatoms. The smallest absolute Gasteiger partial charge is 0.273 e. The van der Waals surface area contributed by atoms with Crippen molar-refractivity contribution in [3.8, 4) is 0 Å². The van der Waals surface area contributed by atoms with Crippen molar-refractivity contribution in [1.29, 1.82) is 0 Å². The lowest BCUT2D eigenvalue weighted by Gasteiger charge is -2.35. The minimum Gasteiger partial charge on any atom is -0.292 e. The molecule has 0 unspecified atom stereocenters. The summed E-state index contributed by atoms with van der Waals surface area (Å²) in [6, 6.07) is 11.6. The highest BCUT2D eigenvalue weighted by molar-refractivity contribution is 6.42. The number of amides is 3. The fourth-order valence-electron chi connectivity index (χ4n) is 4.50. The number of nitrogens with zero attached hydrogens (tertiary/aromatic N) is 2. The van der Waals surface area contributed by atoms with Crippen LogP contribution in [0.5, 0.6) is 0 Å². The van der Waals surface area contributed by atoms with Crippen LogP contribution in [0.25, 0.3) is 0 Å². The summed E-state index contributed by atoms with van der Waals surface area (Å²) in [5.74, 6) is -3.36. The first-order chi connectivity index (χ1) is 15.7. The van der Waals surface area contributed by atoms with Crippen LogP contribution < -0.4 is 0 Å². The molecule has 0 bridgehead atoms. The van der Waals surface area contributed by atoms with Gasteiger partial charge in [0.1, 0.15) is 6.04 Å². The van der Waals surface area contributed by atoms with Crippen molar-refractivity contribution in [1.82, 2.24) is 10.0 Å². The number of carbonyl (C=O) groups excluding carboxylic acids is 4. The summed E-state index contributed by atoms with van der Waals surface area (Å²) in [6.45, 7) is 3.38. The second-order valence-electron chi connectivity index (χ2n) is 8.33. The van der Waals surface area contributed by atoms with E-state index in [1.165, 1.54) is 25.1 Å². The molecule has 0 aromatic heterocycles. The molecule has 0 radical (unpaired) electrons. The molecule has 4 rings (SSSR count). The SMILES string of the molecule is C[C@@H]1C=CC[C@@H]2C(=O)N(N(C(=O)c3ccc(Cl)c(Cl)c3)[C@@H](C)C(=O)c3ccccc3)C(=O)[C@H]12. The molecule has 2 aromatic rings. The zero-order valence-corrected chi connectivity index (χ0v) is 19.6. The zero-order chi connectivity index (χ0) is 23.9. The number of allylic oxidation sites excluding steroid dienone is 2. The number of halogens is 2. The molecule has 2 aromatic carbocycles. The van der Waals surface area contributed by atoms with Gasteiger partial charge in [-0.15, -0.1) is 0 Å². The van der Waals surface area contributed by atoms with Gasteiger partial charge in [-0.1, -0.05) is 72.6 Å². The fourth-order valence-corrected chi connectivity index (χ4v) is 4.80. The average Bonchev–Trinajstić information content (AvgIpc) is 3.07. The summed E-state index contributed by atoms with van der Waals surface area (Å²) >= 11 is 12.1. The topological polar surface area (TPSA) is 74.8 Å². The highest BCUT2D eigenvalue weighted by atomic mass is 35.5. The molecule has 1 saturated heterocycles. The van der Waals surface area contributed by atoms with Gasteiger partial charge < -0.3 is 0 Å². The van der Waals surface area contributed by atoms with Crippen LogP contribution in [0, 0.1) is 17.8 Å². The van der Waals surface area contributed by atoms with Crippen LogP contribution in [0.3, 0.4) is 0 Å². The highest BCUT2D eigenvalue weighted by Gasteiger charge is 2.54. The number of imide groups is 1. The molecule has 170 valence electrons. The monoisotopic (exact) mass is 484 g/mol. The number of hydrazine groups is 1. The van der Waals surface area contributed by atoms with Gasteiger partial charge in [0.2, 0.25) is 0 Å². The van der Waals surface area contributed by atoms with E-state index in [0.717, 1.165) is 10.0 Å². The van der Waals surface area contributed by atoms with Crippen LogP contribution in [0.15, 0.2) is 60.7 Å². The minimum atomic E-state index is -1.12. The van der Waals surface area contributed by atoms with Crippen LogP contribution in [0.2, 0.25) is 10.0 Å². The largest absolute Gasteiger partial charge is 0.292 e. The second-order valence-corrected chi connectivity index (χ2v) is 9.14. The molecule has 6 nitrogen and oxygen atoms in total. The van der Waals surface area contributed by atoms with E-state index in [1.807, 2.05) is 19.1 Å². The Balaban J connectivity index is 1.78. The summed E-state index contributed by atoms with van der Waals surface area (Å²) in [5.41, 5.74) is 0.474. The van der Waals surface area contributed by atoms with Crippen molar-refractivity contribution in [3.63, 3.8) is 0 Å². The van der Waals surface area contributed by atoms with Gasteiger partial charge in [0, 0.05) is 11.1 Å². The summed E-state index contributed by atoms with van der Waals surface area (Å²) in [4.78, 5) is 53.8. The van der Waals surface area contributed by atoms with Crippen molar-refractivity contribution in [2.24, 2.45) is 17.8 Å². The maximum atomic E-state index is 13.7. The number of ketones is 1. The molecule has 1 heterocycles. The lowest BCUT2D eigenvalue weighted by molar-refractivity contribution is -0.156. The predicted octanol–water partition coefficient (Wildman–Crippen LogP) is 4.82. The van der Waals surface area contributed by atoms with Crippen molar-refractivity contribution in [3.05, 3.63) is 81.9 Å². The molecule has 3 amide bonds. The van der Waals surface area contributed by atoms with Gasteiger partial charge in [0.05, 0.1) is 21.9 Å². The van der Waals surface area contributed by atoms with E-state index in [0.29, 0.717) is 12.0 Å². The Morgan fingerprint density at radius 2 is 1.70 bits per heavy atom. The van der Waals surface area contributed by atoms with E-state index in [2.05, 4.69) is 0 Å². The lowest BCUT2D eigenvalue weighted by Crippen LogP contribution is -2.56. The van der Waals surface area contributed by atoms with Crippen LogP contribution >= 0.6 is 23.2 Å². The molecule has 1 aliphatic carbocycles. The van der Waals surface area contributed by atoms with Crippen LogP contribution in [-0.2, 0) is 9.59 Å². The molecule has 0 N–H and O–H groups in total. The first-order valence-corrected chi connectivity index (χ1v) is 11.4. The van der Waals surface area contributed by atoms with E-state index >= 15 is 0 Å². The first-order valence-electron chi connectivity index (χ1n) is 10.6. The zero-order valence-electron chi connectivity index (χ0n) is 18.1. The first kappa shape index (κ1) is 23.2. The standard InChI is InChI=1S/C25H22Cl2N2O4/c1-14-7-6-10-18-21(14)25(33)29(24(18)32)28(15(2)22(30)16-8-4-3-5-9-16)23(31)17-11-12-19(26)20(27)13-17/h3-9,11-15,18,21H,10H2,1-2H3/t14-,15+,18+,21-/m1/s1. The van der Waals surface area contributed by atoms with E-state index in [1.54, 1.807) is 30.3 Å². The third-order valence-corrected chi connectivity index (χ3v) is 6.98. The second kappa shape index (κ2) is 9.12. The van der Waals surface area contributed by atoms with E-state index < -0.39 is 41.4 Å². The van der Waals surface area contributed by atoms with Gasteiger partial charge in [-0.3, -0.25) is 19.2 Å². The Morgan fingerprint density at radius 3 is 2.33 bits per heavy atom. The highest BCUT2D eigenvalue weighted by Crippen LogP contribution is 2.40. The third kappa shape index (κ3) is 4.09. The maximum absolute atomic E-state index is 13.7. The number of Topliss-reactive ketones (excluding diaryl/α,β-unsaturated/α-hetero) is 1. The van der Waals surface area contributed by atoms with E-state index in [9.17, 15) is 19.2 Å². The van der Waals surface area contributed by atoms with Crippen LogP contribution in [-0.4, -0.2) is 39.6 Å². The predicted molar refractivity (Wildman–Crippen MR) is 125 cm³/mol. The number of rotatable bonds is 5. The number of fused-ring (bicyclic) bond motifs is 1. The number of carbonyl (C=O) groups is 4. The molecular weight excluding hydrogens is 463 g/mol. The minimum absolute atomic E-state index is 0.110. The van der Waals surface area contributed by atoms with Crippen molar-refractivity contribution >= 4 is 46.7 Å². The Kier molecular flexibility index (Phi) is 6.41. The average molecular weight is 485 g/mol. The Morgan fingerprint density at radius 1 is 1.00 bits per heavy atom. The van der Waals surface area contributed by atoms with Gasteiger partial charge in [-0.05, 0) is 37.5 Å². The molecule has 2 aliphatic rings. The Labute approximate surface area is 201 Å². The normalized spacial score (nSPS) is 22.8. The van der Waals surface area contributed by atoms with Crippen molar-refractivity contribution < 1.29 is 19.2 Å². The molecule has 0 spiro atoms. The van der Waals surface area contributed by atoms with Gasteiger partial charge >= 0.3 is 0 Å². The van der Waals surface area contributed by atoms with E-state index in [-0.39, 0.29) is 21.5 Å². The summed E-state index contributed by atoms with van der Waals surface area (Å²) in [5, 5.41) is 2.25. The Hall–Kier alpha value is -2.96. The maximum Gasteiger partial charge on any atom is 0.273 e. The van der Waals surface area contributed by atoms with Crippen LogP contribution in [0.4, 0.5) is 0 Å². The van der Waals surface area contributed by atoms with Gasteiger partial charge in [-0.2, -0.15) is 5.01 Å². The number of hydrogen-bond acceptors (Lipinski definition) is 4. The summed E-state index contributed by atoms with van der Waals surface area (Å²) in [6.07, 6.45) is 4.19. The quantitative estimate of drug-likeness (QED) is 0.346. The van der Waals surface area contributed by atoms with E-state index in [4.69, 9.17) is 23.2 Å². The lowest BCUT2D eigenvalue weighted by atomic mass is 9.78. The van der Waals surface area contributed by atoms with Crippen molar-refractivity contribution in [2.75, 3.05) is 0 Å². The van der Waals surface area contributed by atoms with Crippen molar-refractivity contribution in [2.45, 2.75) is 26.3 Å². The molecule has 33 heavy (non-hydrogen) atoms. The molecule has 1 aliphatic heterocycles.